The standard InChI is InChI=1S/C32H35NO9/c1-38-22-11-8-20(9-12-22)30-31(24(34)13-6-19-7-14-26(39-2)28(16-19)41-4)25(35)18-23(32(30)33(36)37)21-10-15-27(40-3)29(17-21)42-5/h6-9,11-17,21,23,30-32H,10,18H2,1-5H3/b13-6+/t21?,23-,30?,31?,32+/m1/s1. The number of nitro groups is 1. The van der Waals surface area contributed by atoms with Gasteiger partial charge in [0.2, 0.25) is 6.04 Å². The lowest BCUT2D eigenvalue weighted by Gasteiger charge is -2.39. The summed E-state index contributed by atoms with van der Waals surface area (Å²) in [5, 5.41) is 12.8. The van der Waals surface area contributed by atoms with Crippen molar-refractivity contribution in [2.24, 2.45) is 17.8 Å². The summed E-state index contributed by atoms with van der Waals surface area (Å²) in [6, 6.07) is 10.7. The van der Waals surface area contributed by atoms with E-state index in [0.717, 1.165) is 0 Å². The van der Waals surface area contributed by atoms with Gasteiger partial charge >= 0.3 is 0 Å². The number of ketones is 2. The van der Waals surface area contributed by atoms with Crippen molar-refractivity contribution in [3.8, 4) is 17.2 Å². The Morgan fingerprint density at radius 3 is 2.19 bits per heavy atom. The summed E-state index contributed by atoms with van der Waals surface area (Å²) >= 11 is 0. The van der Waals surface area contributed by atoms with Crippen molar-refractivity contribution >= 4 is 17.6 Å². The van der Waals surface area contributed by atoms with Crippen molar-refractivity contribution in [3.05, 3.63) is 93.5 Å². The number of methoxy groups -OCH3 is 5. The molecule has 5 atom stereocenters. The summed E-state index contributed by atoms with van der Waals surface area (Å²) in [5.41, 5.74) is 1.17. The largest absolute Gasteiger partial charge is 0.497 e. The van der Waals surface area contributed by atoms with Crippen LogP contribution in [0.15, 0.2) is 72.2 Å². The van der Waals surface area contributed by atoms with Gasteiger partial charge in [-0.15, -0.1) is 0 Å². The first-order chi connectivity index (χ1) is 20.3. The van der Waals surface area contributed by atoms with Crippen LogP contribution >= 0.6 is 0 Å². The smallest absolute Gasteiger partial charge is 0.224 e. The summed E-state index contributed by atoms with van der Waals surface area (Å²) < 4.78 is 26.7. The minimum atomic E-state index is -1.24. The van der Waals surface area contributed by atoms with E-state index in [-0.39, 0.29) is 23.0 Å². The highest BCUT2D eigenvalue weighted by atomic mass is 16.6. The molecule has 0 aromatic heterocycles. The van der Waals surface area contributed by atoms with Crippen LogP contribution in [0.2, 0.25) is 0 Å². The molecule has 0 radical (unpaired) electrons. The van der Waals surface area contributed by atoms with Gasteiger partial charge in [-0.1, -0.05) is 24.3 Å². The van der Waals surface area contributed by atoms with Crippen LogP contribution in [0, 0.1) is 27.9 Å². The second kappa shape index (κ2) is 13.4. The van der Waals surface area contributed by atoms with Gasteiger partial charge in [-0.2, -0.15) is 0 Å². The minimum Gasteiger partial charge on any atom is -0.497 e. The van der Waals surface area contributed by atoms with Crippen molar-refractivity contribution in [2.75, 3.05) is 35.5 Å². The van der Waals surface area contributed by atoms with E-state index in [4.69, 9.17) is 23.7 Å². The van der Waals surface area contributed by atoms with Crippen LogP contribution in [-0.2, 0) is 19.1 Å². The van der Waals surface area contributed by atoms with E-state index in [1.54, 1.807) is 54.6 Å². The molecule has 0 bridgehead atoms. The zero-order chi connectivity index (χ0) is 30.4. The average molecular weight is 578 g/mol. The van der Waals surface area contributed by atoms with Crippen LogP contribution in [0.25, 0.3) is 6.08 Å². The van der Waals surface area contributed by atoms with Crippen molar-refractivity contribution in [2.45, 2.75) is 24.8 Å². The summed E-state index contributed by atoms with van der Waals surface area (Å²) in [7, 11) is 7.57. The number of ether oxygens (including phenoxy) is 5. The van der Waals surface area contributed by atoms with Gasteiger partial charge in [0.25, 0.3) is 0 Å². The molecule has 0 spiro atoms. The maximum Gasteiger partial charge on any atom is 0.224 e. The van der Waals surface area contributed by atoms with E-state index in [0.29, 0.717) is 46.3 Å². The number of benzene rings is 2. The van der Waals surface area contributed by atoms with E-state index < -0.39 is 29.6 Å². The molecule has 0 amide bonds. The fraction of sp³-hybridized carbons (Fsp3) is 0.375. The fourth-order valence-corrected chi connectivity index (χ4v) is 5.97. The second-order valence-corrected chi connectivity index (χ2v) is 10.1. The predicted molar refractivity (Wildman–Crippen MR) is 155 cm³/mol. The third kappa shape index (κ3) is 6.17. The summed E-state index contributed by atoms with van der Waals surface area (Å²) in [4.78, 5) is 40.0. The molecule has 0 heterocycles. The van der Waals surface area contributed by atoms with Crippen molar-refractivity contribution in [1.82, 2.24) is 0 Å². The Balaban J connectivity index is 1.74. The van der Waals surface area contributed by atoms with E-state index in [9.17, 15) is 19.7 Å². The number of rotatable bonds is 11. The molecule has 2 aromatic carbocycles. The van der Waals surface area contributed by atoms with Gasteiger partial charge in [-0.3, -0.25) is 19.7 Å². The zero-order valence-electron chi connectivity index (χ0n) is 24.3. The molecular weight excluding hydrogens is 542 g/mol. The first kappa shape index (κ1) is 30.4. The number of allylic oxidation sites excluding steroid dienone is 3. The quantitative estimate of drug-likeness (QED) is 0.157. The van der Waals surface area contributed by atoms with Crippen LogP contribution in [-0.4, -0.2) is 58.1 Å². The van der Waals surface area contributed by atoms with E-state index in [1.807, 2.05) is 6.08 Å². The average Bonchev–Trinajstić information content (AvgIpc) is 3.02. The topological polar surface area (TPSA) is 123 Å². The normalized spacial score (nSPS) is 23.9. The van der Waals surface area contributed by atoms with Crippen LogP contribution in [0.3, 0.4) is 0 Å². The van der Waals surface area contributed by atoms with Gasteiger partial charge in [0.15, 0.2) is 28.8 Å². The van der Waals surface area contributed by atoms with Gasteiger partial charge in [-0.05, 0) is 66.0 Å². The Bertz CT molecular complexity index is 1410. The Morgan fingerprint density at radius 2 is 1.60 bits per heavy atom. The first-order valence-corrected chi connectivity index (χ1v) is 13.5. The molecule has 0 saturated heterocycles. The Kier molecular flexibility index (Phi) is 9.67. The Labute approximate surface area is 244 Å². The van der Waals surface area contributed by atoms with Gasteiger partial charge < -0.3 is 23.7 Å². The van der Waals surface area contributed by atoms with Crippen LogP contribution in [0.5, 0.6) is 17.2 Å². The maximum atomic E-state index is 13.8. The molecule has 0 aliphatic heterocycles. The molecule has 2 aliphatic carbocycles. The summed E-state index contributed by atoms with van der Waals surface area (Å²) in [6.07, 6.45) is 6.81. The van der Waals surface area contributed by atoms with E-state index in [1.165, 1.54) is 41.6 Å². The number of nitrogens with zero attached hydrogens (tertiary/aromatic N) is 1. The number of Topliss-reactive ketones (excluding diaryl/α,β-unsaturated/α-hetero) is 1. The van der Waals surface area contributed by atoms with Crippen molar-refractivity contribution in [1.29, 1.82) is 0 Å². The highest BCUT2D eigenvalue weighted by Crippen LogP contribution is 2.46. The lowest BCUT2D eigenvalue weighted by Crippen LogP contribution is -2.51. The maximum absolute atomic E-state index is 13.8. The molecule has 42 heavy (non-hydrogen) atoms. The van der Waals surface area contributed by atoms with Crippen LogP contribution in [0.4, 0.5) is 0 Å². The molecule has 10 nitrogen and oxygen atoms in total. The number of carbonyl (C=O) groups excluding carboxylic acids is 2. The van der Waals surface area contributed by atoms with Gasteiger partial charge in [0.05, 0.1) is 47.4 Å². The fourth-order valence-electron chi connectivity index (χ4n) is 5.97. The van der Waals surface area contributed by atoms with Crippen molar-refractivity contribution < 1.29 is 38.2 Å². The third-order valence-corrected chi connectivity index (χ3v) is 8.02. The number of carbonyl (C=O) groups is 2. The SMILES string of the molecule is COC1=CCC([C@H]2CC(=O)C(C(=O)/C=C/c3ccc(OC)c(OC)c3)C(c3ccc(OC)cc3)[C@H]2[N+](=O)[O-])C=C1OC. The highest BCUT2D eigenvalue weighted by Gasteiger charge is 2.55. The molecular formula is C32H35NO9. The molecule has 1 fully saturated rings. The van der Waals surface area contributed by atoms with E-state index in [2.05, 4.69) is 0 Å². The van der Waals surface area contributed by atoms with Gasteiger partial charge in [0.1, 0.15) is 11.5 Å². The summed E-state index contributed by atoms with van der Waals surface area (Å²) in [6.45, 7) is 0. The predicted octanol–water partition coefficient (Wildman–Crippen LogP) is 5.01. The number of hydrogen-bond acceptors (Lipinski definition) is 9. The first-order valence-electron chi connectivity index (χ1n) is 13.5. The monoisotopic (exact) mass is 577 g/mol. The highest BCUT2D eigenvalue weighted by molar-refractivity contribution is 6.10. The lowest BCUT2D eigenvalue weighted by atomic mass is 9.62. The molecule has 2 aromatic rings. The molecule has 10 heteroatoms. The lowest BCUT2D eigenvalue weighted by molar-refractivity contribution is -0.540. The Hall–Kier alpha value is -4.60. The molecule has 1 saturated carbocycles. The molecule has 2 aliphatic rings. The molecule has 222 valence electrons. The second-order valence-electron chi connectivity index (χ2n) is 10.1. The van der Waals surface area contributed by atoms with Gasteiger partial charge in [-0.25, -0.2) is 0 Å². The number of hydrogen-bond donors (Lipinski definition) is 0. The van der Waals surface area contributed by atoms with Crippen molar-refractivity contribution in [3.63, 3.8) is 0 Å². The van der Waals surface area contributed by atoms with E-state index >= 15 is 0 Å². The Morgan fingerprint density at radius 1 is 0.905 bits per heavy atom. The minimum absolute atomic E-state index is 0.118. The van der Waals surface area contributed by atoms with Crippen LogP contribution in [0.1, 0.15) is 29.9 Å². The molecule has 0 N–H and O–H groups in total. The summed E-state index contributed by atoms with van der Waals surface area (Å²) in [5.74, 6) is -1.53. The van der Waals surface area contributed by atoms with Crippen LogP contribution < -0.4 is 14.2 Å². The molecule has 3 unspecified atom stereocenters. The third-order valence-electron chi connectivity index (χ3n) is 8.02. The molecule has 4 rings (SSSR count). The zero-order valence-corrected chi connectivity index (χ0v) is 24.3. The van der Waals surface area contributed by atoms with Gasteiger partial charge in [0, 0.05) is 17.3 Å².